The predicted molar refractivity (Wildman–Crippen MR) is 103 cm³/mol. The predicted octanol–water partition coefficient (Wildman–Crippen LogP) is 3.44. The van der Waals surface area contributed by atoms with Gasteiger partial charge in [-0.25, -0.2) is 4.79 Å². The number of imide groups is 1. The van der Waals surface area contributed by atoms with Gasteiger partial charge in [0.25, 0.3) is 5.91 Å². The van der Waals surface area contributed by atoms with Crippen molar-refractivity contribution in [1.82, 2.24) is 10.2 Å². The normalized spacial score (nSPS) is 19.1. The minimum absolute atomic E-state index is 0.353. The number of benzene rings is 2. The van der Waals surface area contributed by atoms with Gasteiger partial charge in [0.05, 0.1) is 0 Å². The highest BCUT2D eigenvalue weighted by Crippen LogP contribution is 2.33. The number of nitrogens with zero attached hydrogens (tertiary/aromatic N) is 1. The summed E-state index contributed by atoms with van der Waals surface area (Å²) in [4.78, 5) is 38.8. The van der Waals surface area contributed by atoms with Gasteiger partial charge in [-0.15, -0.1) is 0 Å². The monoisotopic (exact) mass is 385 g/mol. The standard InChI is InChI=1S/C20H20ClN3O3/c1-3-20(14-8-10-15(21)11-9-14)18(26)24(19(27)23-20)12-17(25)22-16-7-5-4-6-13(16)2/h4-11H,3,12H2,1-2H3,(H,22,25)(H,23,27)/t20-/m1/s1. The molecule has 0 saturated carbocycles. The molecule has 1 aliphatic rings. The van der Waals surface area contributed by atoms with E-state index >= 15 is 0 Å². The van der Waals surface area contributed by atoms with Gasteiger partial charge in [0.1, 0.15) is 12.1 Å². The number of halogens is 1. The van der Waals surface area contributed by atoms with E-state index in [1.54, 1.807) is 36.4 Å². The van der Waals surface area contributed by atoms with Gasteiger partial charge in [0, 0.05) is 10.7 Å². The molecular formula is C20H20ClN3O3. The fourth-order valence-electron chi connectivity index (χ4n) is 3.19. The summed E-state index contributed by atoms with van der Waals surface area (Å²) in [5, 5.41) is 6.03. The molecule has 4 amide bonds. The lowest BCUT2D eigenvalue weighted by Crippen LogP contribution is -2.44. The quantitative estimate of drug-likeness (QED) is 0.774. The number of urea groups is 1. The largest absolute Gasteiger partial charge is 0.325 e. The van der Waals surface area contributed by atoms with Crippen LogP contribution in [0, 0.1) is 6.92 Å². The van der Waals surface area contributed by atoms with E-state index in [-0.39, 0.29) is 6.54 Å². The minimum Gasteiger partial charge on any atom is -0.324 e. The number of aryl methyl sites for hydroxylation is 1. The highest BCUT2D eigenvalue weighted by Gasteiger charge is 2.51. The van der Waals surface area contributed by atoms with Crippen LogP contribution in [-0.4, -0.2) is 29.3 Å². The Kier molecular flexibility index (Phi) is 5.19. The number of carbonyl (C=O) groups is 3. The Morgan fingerprint density at radius 1 is 1.15 bits per heavy atom. The topological polar surface area (TPSA) is 78.5 Å². The van der Waals surface area contributed by atoms with Crippen molar-refractivity contribution in [2.45, 2.75) is 25.8 Å². The molecule has 2 N–H and O–H groups in total. The number of nitrogens with one attached hydrogen (secondary N) is 2. The van der Waals surface area contributed by atoms with Crippen LogP contribution in [0.3, 0.4) is 0 Å². The number of amides is 4. The Morgan fingerprint density at radius 2 is 1.81 bits per heavy atom. The van der Waals surface area contributed by atoms with E-state index < -0.39 is 23.4 Å². The highest BCUT2D eigenvalue weighted by molar-refractivity contribution is 6.30. The zero-order chi connectivity index (χ0) is 19.6. The first kappa shape index (κ1) is 18.9. The lowest BCUT2D eigenvalue weighted by molar-refractivity contribution is -0.134. The number of carbonyl (C=O) groups excluding carboxylic acids is 3. The third-order valence-electron chi connectivity index (χ3n) is 4.76. The first-order valence-corrected chi connectivity index (χ1v) is 9.01. The van der Waals surface area contributed by atoms with Gasteiger partial charge < -0.3 is 10.6 Å². The first-order valence-electron chi connectivity index (χ1n) is 8.63. The molecule has 0 radical (unpaired) electrons. The highest BCUT2D eigenvalue weighted by atomic mass is 35.5. The molecule has 1 heterocycles. The second-order valence-corrected chi connectivity index (χ2v) is 6.89. The van der Waals surface area contributed by atoms with E-state index in [4.69, 9.17) is 11.6 Å². The second-order valence-electron chi connectivity index (χ2n) is 6.45. The first-order chi connectivity index (χ1) is 12.9. The lowest BCUT2D eigenvalue weighted by Gasteiger charge is -2.25. The summed E-state index contributed by atoms with van der Waals surface area (Å²) < 4.78 is 0. The van der Waals surface area contributed by atoms with E-state index in [9.17, 15) is 14.4 Å². The maximum absolute atomic E-state index is 13.0. The average molecular weight is 386 g/mol. The summed E-state index contributed by atoms with van der Waals surface area (Å²) in [5.41, 5.74) is 0.987. The van der Waals surface area contributed by atoms with Crippen LogP contribution in [0.1, 0.15) is 24.5 Å². The van der Waals surface area contributed by atoms with Crippen LogP contribution < -0.4 is 10.6 Å². The number of anilines is 1. The number of hydrogen-bond donors (Lipinski definition) is 2. The van der Waals surface area contributed by atoms with Crippen LogP contribution in [0.2, 0.25) is 5.02 Å². The molecule has 2 aromatic rings. The maximum atomic E-state index is 13.0. The van der Waals surface area contributed by atoms with E-state index in [2.05, 4.69) is 10.6 Å². The van der Waals surface area contributed by atoms with E-state index in [0.717, 1.165) is 10.5 Å². The molecule has 0 spiro atoms. The average Bonchev–Trinajstić information content (AvgIpc) is 2.89. The summed E-state index contributed by atoms with van der Waals surface area (Å²) >= 11 is 5.92. The number of hydrogen-bond acceptors (Lipinski definition) is 3. The molecule has 1 aliphatic heterocycles. The Morgan fingerprint density at radius 3 is 2.44 bits per heavy atom. The van der Waals surface area contributed by atoms with Crippen LogP contribution >= 0.6 is 11.6 Å². The molecule has 2 aromatic carbocycles. The molecule has 0 aliphatic carbocycles. The summed E-state index contributed by atoms with van der Waals surface area (Å²) in [5.74, 6) is -0.881. The van der Waals surface area contributed by atoms with Gasteiger partial charge in [-0.05, 0) is 42.7 Å². The van der Waals surface area contributed by atoms with Crippen molar-refractivity contribution in [1.29, 1.82) is 0 Å². The third kappa shape index (κ3) is 3.53. The summed E-state index contributed by atoms with van der Waals surface area (Å²) in [7, 11) is 0. The Balaban J connectivity index is 1.80. The zero-order valence-electron chi connectivity index (χ0n) is 15.1. The van der Waals surface area contributed by atoms with E-state index in [1.165, 1.54) is 0 Å². The van der Waals surface area contributed by atoms with Crippen molar-refractivity contribution >= 4 is 35.1 Å². The van der Waals surface area contributed by atoms with Crippen LogP contribution in [0.4, 0.5) is 10.5 Å². The fourth-order valence-corrected chi connectivity index (χ4v) is 3.32. The molecule has 3 rings (SSSR count). The molecular weight excluding hydrogens is 366 g/mol. The molecule has 140 valence electrons. The molecule has 0 unspecified atom stereocenters. The molecule has 1 atom stereocenters. The van der Waals surface area contributed by atoms with Crippen molar-refractivity contribution in [3.63, 3.8) is 0 Å². The van der Waals surface area contributed by atoms with Crippen molar-refractivity contribution in [3.8, 4) is 0 Å². The Bertz CT molecular complexity index is 898. The molecule has 7 heteroatoms. The van der Waals surface area contributed by atoms with Crippen LogP contribution in [0.15, 0.2) is 48.5 Å². The van der Waals surface area contributed by atoms with Gasteiger partial charge in [-0.1, -0.05) is 48.9 Å². The lowest BCUT2D eigenvalue weighted by atomic mass is 9.87. The molecule has 0 aromatic heterocycles. The Hall–Kier alpha value is -2.86. The van der Waals surface area contributed by atoms with Gasteiger partial charge in [-0.3, -0.25) is 14.5 Å². The van der Waals surface area contributed by atoms with Crippen LogP contribution in [0.25, 0.3) is 0 Å². The molecule has 1 saturated heterocycles. The van der Waals surface area contributed by atoms with Crippen molar-refractivity contribution in [2.75, 3.05) is 11.9 Å². The molecule has 6 nitrogen and oxygen atoms in total. The third-order valence-corrected chi connectivity index (χ3v) is 5.02. The van der Waals surface area contributed by atoms with E-state index in [0.29, 0.717) is 22.7 Å². The summed E-state index contributed by atoms with van der Waals surface area (Å²) in [6.07, 6.45) is 0.356. The molecule has 1 fully saturated rings. The van der Waals surface area contributed by atoms with Crippen molar-refractivity contribution in [3.05, 3.63) is 64.7 Å². The van der Waals surface area contributed by atoms with Gasteiger partial charge in [0.2, 0.25) is 5.91 Å². The van der Waals surface area contributed by atoms with Crippen LogP contribution in [-0.2, 0) is 15.1 Å². The summed E-state index contributed by atoms with van der Waals surface area (Å²) in [6, 6.07) is 13.5. The van der Waals surface area contributed by atoms with Gasteiger partial charge in [-0.2, -0.15) is 0 Å². The van der Waals surface area contributed by atoms with Crippen molar-refractivity contribution in [2.24, 2.45) is 0 Å². The Labute approximate surface area is 162 Å². The minimum atomic E-state index is -1.19. The van der Waals surface area contributed by atoms with Crippen LogP contribution in [0.5, 0.6) is 0 Å². The van der Waals surface area contributed by atoms with Gasteiger partial charge >= 0.3 is 6.03 Å². The number of para-hydroxylation sites is 1. The molecule has 0 bridgehead atoms. The maximum Gasteiger partial charge on any atom is 0.325 e. The van der Waals surface area contributed by atoms with E-state index in [1.807, 2.05) is 26.0 Å². The van der Waals surface area contributed by atoms with Gasteiger partial charge in [0.15, 0.2) is 0 Å². The fraction of sp³-hybridized carbons (Fsp3) is 0.250. The zero-order valence-corrected chi connectivity index (χ0v) is 15.8. The molecule has 27 heavy (non-hydrogen) atoms. The summed E-state index contributed by atoms with van der Waals surface area (Å²) in [6.45, 7) is 3.32. The number of rotatable bonds is 5. The SMILES string of the molecule is CC[C@]1(c2ccc(Cl)cc2)NC(=O)N(CC(=O)Nc2ccccc2C)C1=O. The smallest absolute Gasteiger partial charge is 0.324 e. The second kappa shape index (κ2) is 7.40. The van der Waals surface area contributed by atoms with Crippen molar-refractivity contribution < 1.29 is 14.4 Å².